The van der Waals surface area contributed by atoms with Gasteiger partial charge < -0.3 is 9.15 Å². The molecule has 2 aromatic heterocycles. The van der Waals surface area contributed by atoms with Crippen LogP contribution in [0.2, 0.25) is 0 Å². The van der Waals surface area contributed by atoms with Crippen LogP contribution < -0.4 is 0 Å². The van der Waals surface area contributed by atoms with E-state index in [9.17, 15) is 4.79 Å². The summed E-state index contributed by atoms with van der Waals surface area (Å²) in [7, 11) is 1.31. The highest BCUT2D eigenvalue weighted by Gasteiger charge is 2.28. The van der Waals surface area contributed by atoms with Gasteiger partial charge in [0.2, 0.25) is 5.89 Å². The fourth-order valence-corrected chi connectivity index (χ4v) is 2.62. The summed E-state index contributed by atoms with van der Waals surface area (Å²) in [5, 5.41) is 8.52. The number of oxazole rings is 1. The molecule has 0 saturated carbocycles. The van der Waals surface area contributed by atoms with Crippen LogP contribution in [-0.4, -0.2) is 33.1 Å². The fourth-order valence-electron chi connectivity index (χ4n) is 2.62. The molecule has 0 radical (unpaired) electrons. The zero-order chi connectivity index (χ0) is 17.8. The van der Waals surface area contributed by atoms with Gasteiger partial charge in [0, 0.05) is 5.56 Å². The van der Waals surface area contributed by atoms with E-state index in [4.69, 9.17) is 4.42 Å². The van der Waals surface area contributed by atoms with Crippen molar-refractivity contribution >= 4 is 5.97 Å². The van der Waals surface area contributed by atoms with Crippen LogP contribution in [0.4, 0.5) is 0 Å². The molecule has 7 nitrogen and oxygen atoms in total. The maximum Gasteiger partial charge on any atom is 0.360 e. The van der Waals surface area contributed by atoms with Crippen molar-refractivity contribution in [2.75, 3.05) is 7.11 Å². The molecule has 130 valence electrons. The largest absolute Gasteiger partial charge is 0.464 e. The van der Waals surface area contributed by atoms with Gasteiger partial charge in [-0.15, -0.1) is 5.10 Å². The fraction of sp³-hybridized carbons (Fsp3) is 0.333. The maximum atomic E-state index is 11.6. The molecule has 0 amide bonds. The molecule has 2 atom stereocenters. The number of nitrogens with zero attached hydrogens (tertiary/aromatic N) is 4. The summed E-state index contributed by atoms with van der Waals surface area (Å²) < 4.78 is 12.0. The minimum absolute atomic E-state index is 0.147. The zero-order valence-electron chi connectivity index (χ0n) is 14.4. The Labute approximate surface area is 145 Å². The highest BCUT2D eigenvalue weighted by molar-refractivity contribution is 5.86. The number of benzene rings is 1. The molecule has 3 rings (SSSR count). The first kappa shape index (κ1) is 16.9. The first-order valence-corrected chi connectivity index (χ1v) is 8.15. The maximum absolute atomic E-state index is 11.6. The zero-order valence-corrected chi connectivity index (χ0v) is 14.4. The number of carbonyl (C=O) groups is 1. The van der Waals surface area contributed by atoms with Gasteiger partial charge in [-0.1, -0.05) is 55.8 Å². The number of aromatic nitrogens is 4. The van der Waals surface area contributed by atoms with E-state index < -0.39 is 5.97 Å². The number of hydrogen-bond donors (Lipinski definition) is 0. The molecule has 0 spiro atoms. The number of ether oxygens (including phenoxy) is 1. The first-order valence-electron chi connectivity index (χ1n) is 8.15. The van der Waals surface area contributed by atoms with Crippen molar-refractivity contribution in [2.45, 2.75) is 26.3 Å². The second kappa shape index (κ2) is 7.29. The topological polar surface area (TPSA) is 83.0 Å². The lowest BCUT2D eigenvalue weighted by atomic mass is 9.99. The van der Waals surface area contributed by atoms with Crippen molar-refractivity contribution in [3.63, 3.8) is 0 Å². The lowest BCUT2D eigenvalue weighted by Gasteiger charge is -2.19. The van der Waals surface area contributed by atoms with Crippen LogP contribution in [0.5, 0.6) is 0 Å². The molecule has 2 heterocycles. The number of esters is 1. The van der Waals surface area contributed by atoms with Gasteiger partial charge in [0.05, 0.1) is 13.3 Å². The Morgan fingerprint density at radius 3 is 2.76 bits per heavy atom. The molecule has 0 saturated heterocycles. The second-order valence-corrected chi connectivity index (χ2v) is 5.84. The van der Waals surface area contributed by atoms with Crippen LogP contribution in [0.1, 0.15) is 42.7 Å². The standard InChI is InChI=1S/C18H20N4O3/c1-4-12(2)16(17-19-15(11-25-17)18(23)24-3)22-10-14(20-21-22)13-8-6-5-7-9-13/h5-12,16H,4H2,1-3H3/t12-,16-/m0/s1. The minimum atomic E-state index is -0.526. The normalized spacial score (nSPS) is 13.4. The quantitative estimate of drug-likeness (QED) is 0.640. The Kier molecular flexibility index (Phi) is 4.92. The minimum Gasteiger partial charge on any atom is -0.464 e. The van der Waals surface area contributed by atoms with Crippen molar-refractivity contribution in [3.05, 3.63) is 54.4 Å². The first-order chi connectivity index (χ1) is 12.1. The third kappa shape index (κ3) is 3.45. The molecule has 0 aliphatic rings. The van der Waals surface area contributed by atoms with Crippen LogP contribution in [0.15, 0.2) is 47.2 Å². The van der Waals surface area contributed by atoms with E-state index >= 15 is 0 Å². The summed E-state index contributed by atoms with van der Waals surface area (Å²) in [4.78, 5) is 15.9. The predicted molar refractivity (Wildman–Crippen MR) is 90.9 cm³/mol. The average Bonchev–Trinajstić information content (AvgIpc) is 3.32. The molecule has 0 N–H and O–H groups in total. The van der Waals surface area contributed by atoms with Gasteiger partial charge in [0.15, 0.2) is 5.69 Å². The van der Waals surface area contributed by atoms with Gasteiger partial charge in [-0.25, -0.2) is 14.5 Å². The van der Waals surface area contributed by atoms with E-state index in [-0.39, 0.29) is 17.7 Å². The van der Waals surface area contributed by atoms with E-state index in [0.29, 0.717) is 5.89 Å². The third-order valence-electron chi connectivity index (χ3n) is 4.22. The van der Waals surface area contributed by atoms with E-state index in [0.717, 1.165) is 17.7 Å². The van der Waals surface area contributed by atoms with E-state index in [1.165, 1.54) is 13.4 Å². The average molecular weight is 340 g/mol. The summed E-state index contributed by atoms with van der Waals surface area (Å²) in [6.07, 6.45) is 4.07. The Morgan fingerprint density at radius 2 is 2.08 bits per heavy atom. The second-order valence-electron chi connectivity index (χ2n) is 5.84. The molecule has 25 heavy (non-hydrogen) atoms. The molecule has 1 aromatic carbocycles. The Morgan fingerprint density at radius 1 is 1.32 bits per heavy atom. The lowest BCUT2D eigenvalue weighted by molar-refractivity contribution is 0.0594. The van der Waals surface area contributed by atoms with Crippen LogP contribution in [0.25, 0.3) is 11.3 Å². The van der Waals surface area contributed by atoms with Gasteiger partial charge in [-0.2, -0.15) is 0 Å². The molecule has 3 aromatic rings. The Balaban J connectivity index is 1.96. The van der Waals surface area contributed by atoms with Crippen LogP contribution in [-0.2, 0) is 4.74 Å². The summed E-state index contributed by atoms with van der Waals surface area (Å²) >= 11 is 0. The molecule has 0 fully saturated rings. The van der Waals surface area contributed by atoms with Crippen molar-refractivity contribution in [2.24, 2.45) is 5.92 Å². The molecule has 0 aliphatic heterocycles. The molecule has 0 aliphatic carbocycles. The molecular weight excluding hydrogens is 320 g/mol. The van der Waals surface area contributed by atoms with Crippen molar-refractivity contribution in [3.8, 4) is 11.3 Å². The summed E-state index contributed by atoms with van der Waals surface area (Å²) in [5.74, 6) is 0.0789. The third-order valence-corrected chi connectivity index (χ3v) is 4.22. The van der Waals surface area contributed by atoms with E-state index in [2.05, 4.69) is 33.9 Å². The number of methoxy groups -OCH3 is 1. The van der Waals surface area contributed by atoms with Gasteiger partial charge in [0.25, 0.3) is 0 Å². The number of carbonyl (C=O) groups excluding carboxylic acids is 1. The predicted octanol–water partition coefficient (Wildman–Crippen LogP) is 3.36. The van der Waals surface area contributed by atoms with Crippen LogP contribution in [0, 0.1) is 5.92 Å². The smallest absolute Gasteiger partial charge is 0.360 e. The monoisotopic (exact) mass is 340 g/mol. The summed E-state index contributed by atoms with van der Waals surface area (Å²) in [6, 6.07) is 9.57. The van der Waals surface area contributed by atoms with Crippen molar-refractivity contribution in [1.82, 2.24) is 20.0 Å². The molecule has 0 unspecified atom stereocenters. The van der Waals surface area contributed by atoms with Crippen LogP contribution >= 0.6 is 0 Å². The van der Waals surface area contributed by atoms with Gasteiger partial charge in [-0.3, -0.25) is 0 Å². The van der Waals surface area contributed by atoms with Crippen molar-refractivity contribution < 1.29 is 13.9 Å². The number of rotatable bonds is 6. The number of hydrogen-bond acceptors (Lipinski definition) is 6. The van der Waals surface area contributed by atoms with Gasteiger partial charge in [0.1, 0.15) is 18.0 Å². The van der Waals surface area contributed by atoms with E-state index in [1.54, 1.807) is 4.68 Å². The SMILES string of the molecule is CC[C@H](C)[C@@H](c1nc(C(=O)OC)co1)n1cc(-c2ccccc2)nn1. The van der Waals surface area contributed by atoms with E-state index in [1.807, 2.05) is 36.5 Å². The molecule has 7 heteroatoms. The molecular formula is C18H20N4O3. The van der Waals surface area contributed by atoms with Gasteiger partial charge >= 0.3 is 5.97 Å². The Bertz CT molecular complexity index is 841. The highest BCUT2D eigenvalue weighted by atomic mass is 16.5. The Hall–Kier alpha value is -2.96. The highest BCUT2D eigenvalue weighted by Crippen LogP contribution is 2.29. The summed E-state index contributed by atoms with van der Waals surface area (Å²) in [5.41, 5.74) is 1.90. The summed E-state index contributed by atoms with van der Waals surface area (Å²) in [6.45, 7) is 4.16. The van der Waals surface area contributed by atoms with Crippen LogP contribution in [0.3, 0.4) is 0 Å². The van der Waals surface area contributed by atoms with Crippen molar-refractivity contribution in [1.29, 1.82) is 0 Å². The van der Waals surface area contributed by atoms with Gasteiger partial charge in [-0.05, 0) is 5.92 Å². The lowest BCUT2D eigenvalue weighted by Crippen LogP contribution is -2.19. The molecule has 0 bridgehead atoms.